The third kappa shape index (κ3) is 4.91. The second-order valence-electron chi connectivity index (χ2n) is 10.1. The topological polar surface area (TPSA) is 219 Å². The lowest BCUT2D eigenvalue weighted by molar-refractivity contribution is -0.858. The Bertz CT molecular complexity index is 1880. The number of ketones is 2. The first-order chi connectivity index (χ1) is 20.3. The molecule has 1 aliphatic rings. The van der Waals surface area contributed by atoms with Crippen molar-refractivity contribution in [2.45, 2.75) is 12.5 Å². The first kappa shape index (κ1) is 29.2. The second kappa shape index (κ2) is 10.8. The number of hydrogen-bond acceptors (Lipinski definition) is 13. The molecule has 1 aliphatic carbocycles. The van der Waals surface area contributed by atoms with Gasteiger partial charge in [0.15, 0.2) is 28.8 Å². The minimum atomic E-state index is -1.62. The van der Waals surface area contributed by atoms with Gasteiger partial charge in [-0.25, -0.2) is 9.59 Å². The number of esters is 1. The van der Waals surface area contributed by atoms with E-state index in [4.69, 9.17) is 18.3 Å². The number of phenolic OH excluding ortho intramolecular Hbond substituents is 4. The summed E-state index contributed by atoms with van der Waals surface area (Å²) in [6.07, 6.45) is -2.06. The molecule has 43 heavy (non-hydrogen) atoms. The Labute approximate surface area is 241 Å². The number of quaternary nitrogens is 1. The summed E-state index contributed by atoms with van der Waals surface area (Å²) in [6, 6.07) is 4.42. The molecule has 14 heteroatoms. The summed E-state index contributed by atoms with van der Waals surface area (Å²) in [7, 11) is 4.90. The highest BCUT2D eigenvalue weighted by Crippen LogP contribution is 2.45. The molecule has 0 radical (unpaired) electrons. The van der Waals surface area contributed by atoms with Crippen LogP contribution in [0.15, 0.2) is 37.9 Å². The van der Waals surface area contributed by atoms with E-state index in [1.54, 1.807) is 0 Å². The van der Waals surface area contributed by atoms with E-state index in [0.717, 1.165) is 23.1 Å². The molecule has 0 amide bonds. The van der Waals surface area contributed by atoms with E-state index >= 15 is 0 Å². The summed E-state index contributed by atoms with van der Waals surface area (Å²) in [5, 5.41) is 52.4. The fourth-order valence-electron chi connectivity index (χ4n) is 4.79. The van der Waals surface area contributed by atoms with Gasteiger partial charge in [-0.3, -0.25) is 9.59 Å². The Morgan fingerprint density at radius 1 is 0.930 bits per heavy atom. The Hall–Kier alpha value is -5.34. The van der Waals surface area contributed by atoms with Gasteiger partial charge in [-0.1, -0.05) is 0 Å². The van der Waals surface area contributed by atoms with Crippen LogP contribution in [0.5, 0.6) is 28.7 Å². The summed E-state index contributed by atoms with van der Waals surface area (Å²) in [5.74, 6) is -6.95. The average Bonchev–Trinajstić information content (AvgIpc) is 3.38. The van der Waals surface area contributed by atoms with E-state index in [9.17, 15) is 44.7 Å². The predicted octanol–water partition coefficient (Wildman–Crippen LogP) is 0.570. The van der Waals surface area contributed by atoms with Gasteiger partial charge in [-0.05, 0) is 23.6 Å². The zero-order valence-corrected chi connectivity index (χ0v) is 23.0. The number of aliphatic hydroxyl groups excluding tert-OH is 1. The van der Waals surface area contributed by atoms with Crippen molar-refractivity contribution in [1.29, 1.82) is 0 Å². The number of benzene rings is 2. The van der Waals surface area contributed by atoms with Crippen LogP contribution in [0, 0.1) is 0 Å². The molecule has 1 atom stereocenters. The van der Waals surface area contributed by atoms with Crippen molar-refractivity contribution in [2.75, 3.05) is 34.4 Å². The molecule has 2 aromatic heterocycles. The highest BCUT2D eigenvalue weighted by atomic mass is 16.5. The summed E-state index contributed by atoms with van der Waals surface area (Å²) in [6.45, 7) is 0.536. The van der Waals surface area contributed by atoms with Crippen LogP contribution in [0.2, 0.25) is 0 Å². The van der Waals surface area contributed by atoms with Gasteiger partial charge >= 0.3 is 11.6 Å². The third-order valence-corrected chi connectivity index (χ3v) is 6.97. The average molecular weight is 597 g/mol. The molecule has 1 unspecified atom stereocenters. The highest BCUT2D eigenvalue weighted by molar-refractivity contribution is 6.29. The summed E-state index contributed by atoms with van der Waals surface area (Å²) in [5.41, 5.74) is -2.60. The lowest BCUT2D eigenvalue weighted by atomic mass is 9.86. The van der Waals surface area contributed by atoms with Crippen molar-refractivity contribution in [2.24, 2.45) is 0 Å². The van der Waals surface area contributed by atoms with Crippen molar-refractivity contribution in [3.63, 3.8) is 0 Å². The van der Waals surface area contributed by atoms with Gasteiger partial charge in [0.25, 0.3) is 0 Å². The zero-order valence-electron chi connectivity index (χ0n) is 23.0. The van der Waals surface area contributed by atoms with Gasteiger partial charge in [-0.2, -0.15) is 0 Å². The van der Waals surface area contributed by atoms with E-state index in [2.05, 4.69) is 0 Å². The second-order valence-corrected chi connectivity index (χ2v) is 10.1. The summed E-state index contributed by atoms with van der Waals surface area (Å²) in [4.78, 5) is 52.2. The maximum absolute atomic E-state index is 13.1. The molecule has 0 spiro atoms. The first-order valence-electron chi connectivity index (χ1n) is 12.9. The molecule has 4 aromatic rings. The summed E-state index contributed by atoms with van der Waals surface area (Å²) >= 11 is 0. The molecule has 0 fully saturated rings. The lowest BCUT2D eigenvalue weighted by Gasteiger charge is -2.17. The Kier molecular flexibility index (Phi) is 7.33. The van der Waals surface area contributed by atoms with Crippen molar-refractivity contribution >= 4 is 28.3 Å². The maximum Gasteiger partial charge on any atom is 0.374 e. The maximum atomic E-state index is 13.1. The van der Waals surface area contributed by atoms with Crippen molar-refractivity contribution in [3.8, 4) is 28.7 Å². The fourth-order valence-corrected chi connectivity index (χ4v) is 4.79. The predicted molar refractivity (Wildman–Crippen MR) is 144 cm³/mol. The molecule has 224 valence electrons. The standard InChI is InChI=1S/C29H25NO13/c1-30(2)4-5-41-28(38)18-7-11-6-13(23(34)25(36)19(11)29(39)43-18)15(31)9-12-8-14-22(33)20-16(32)10-17(40-3)24(35)21(20)26(37)27(14)42-12/h6-8,10,15,31-32,34-36H,4-5,9H2,1-3H3/p+1. The normalized spacial score (nSPS) is 13.2. The highest BCUT2D eigenvalue weighted by Gasteiger charge is 2.39. The zero-order chi connectivity index (χ0) is 31.3. The third-order valence-electron chi connectivity index (χ3n) is 6.97. The number of methoxy groups -OCH3 is 1. The van der Waals surface area contributed by atoms with Crippen molar-refractivity contribution < 1.29 is 63.1 Å². The smallest absolute Gasteiger partial charge is 0.374 e. The number of fused-ring (bicyclic) bond motifs is 3. The number of aromatic hydroxyl groups is 4. The van der Waals surface area contributed by atoms with Gasteiger partial charge < -0.3 is 48.7 Å². The Morgan fingerprint density at radius 3 is 2.33 bits per heavy atom. The van der Waals surface area contributed by atoms with Gasteiger partial charge in [0.1, 0.15) is 30.0 Å². The number of hydrogen-bond donors (Lipinski definition) is 6. The van der Waals surface area contributed by atoms with Crippen LogP contribution in [0.3, 0.4) is 0 Å². The number of aliphatic hydroxyl groups is 1. The van der Waals surface area contributed by atoms with E-state index in [0.29, 0.717) is 6.54 Å². The van der Waals surface area contributed by atoms with E-state index in [1.807, 2.05) is 14.1 Å². The number of phenols is 4. The fraction of sp³-hybridized carbons (Fsp3) is 0.241. The molecule has 0 saturated carbocycles. The first-order valence-corrected chi connectivity index (χ1v) is 12.9. The molecule has 0 saturated heterocycles. The molecular weight excluding hydrogens is 570 g/mol. The number of likely N-dealkylation sites (N-methyl/N-ethyl adjacent to an activating group) is 1. The minimum Gasteiger partial charge on any atom is -0.507 e. The van der Waals surface area contributed by atoms with Crippen LogP contribution in [-0.4, -0.2) is 77.4 Å². The van der Waals surface area contributed by atoms with Gasteiger partial charge in [0.2, 0.25) is 17.3 Å². The molecule has 2 heterocycles. The van der Waals surface area contributed by atoms with Crippen LogP contribution in [0.1, 0.15) is 60.0 Å². The monoisotopic (exact) mass is 596 g/mol. The minimum absolute atomic E-state index is 0.0453. The number of nitrogens with one attached hydrogen (secondary N) is 1. The number of rotatable bonds is 8. The van der Waals surface area contributed by atoms with Gasteiger partial charge in [-0.15, -0.1) is 0 Å². The van der Waals surface area contributed by atoms with Crippen LogP contribution >= 0.6 is 0 Å². The van der Waals surface area contributed by atoms with Crippen molar-refractivity contribution in [1.82, 2.24) is 0 Å². The van der Waals surface area contributed by atoms with E-state index < -0.39 is 86.7 Å². The molecule has 14 nitrogen and oxygen atoms in total. The number of carbonyl (C=O) groups excluding carboxylic acids is 3. The lowest BCUT2D eigenvalue weighted by Crippen LogP contribution is -3.06. The summed E-state index contributed by atoms with van der Waals surface area (Å²) < 4.78 is 20.6. The van der Waals surface area contributed by atoms with Crippen LogP contribution < -0.4 is 15.3 Å². The molecule has 2 aromatic carbocycles. The number of ether oxygens (including phenoxy) is 2. The number of carbonyl (C=O) groups is 3. The molecule has 5 rings (SSSR count). The van der Waals surface area contributed by atoms with Gasteiger partial charge in [0, 0.05) is 18.1 Å². The van der Waals surface area contributed by atoms with Gasteiger partial charge in [0.05, 0.1) is 44.0 Å². The number of furan rings is 1. The molecular formula is C29H26NO13+. The quantitative estimate of drug-likeness (QED) is 0.0821. The SMILES string of the molecule is COc1cc(O)c2c(c1O)C(=O)c1oc(CC(O)c3cc4cc(C(=O)OCC[NH+](C)C)oc(=O)c4c(O)c3O)cc1C2=O. The molecule has 6 N–H and O–H groups in total. The molecule has 0 bridgehead atoms. The van der Waals surface area contributed by atoms with E-state index in [1.165, 1.54) is 13.2 Å². The Balaban J connectivity index is 1.48. The van der Waals surface area contributed by atoms with E-state index in [-0.39, 0.29) is 34.6 Å². The largest absolute Gasteiger partial charge is 0.507 e. The van der Waals surface area contributed by atoms with Crippen LogP contribution in [0.25, 0.3) is 10.8 Å². The van der Waals surface area contributed by atoms with Crippen LogP contribution in [-0.2, 0) is 11.2 Å². The van der Waals surface area contributed by atoms with Crippen molar-refractivity contribution in [3.05, 3.63) is 74.2 Å². The molecule has 0 aliphatic heterocycles. The Morgan fingerprint density at radius 2 is 1.65 bits per heavy atom. The van der Waals surface area contributed by atoms with Crippen LogP contribution in [0.4, 0.5) is 0 Å².